The largest absolute Gasteiger partial charge is 0.334 e. The van der Waals surface area contributed by atoms with Crippen LogP contribution in [-0.2, 0) is 10.0 Å². The van der Waals surface area contributed by atoms with Gasteiger partial charge in [-0.15, -0.1) is 0 Å². The SMILES string of the molecule is CCC1C(C)CCN1S(=O)(=O)c1[nH]cnc1Br. The molecule has 1 aromatic rings. The summed E-state index contributed by atoms with van der Waals surface area (Å²) in [5, 5.41) is 0.157. The molecular formula is C10H16BrN3O2S. The second-order valence-corrected chi connectivity index (χ2v) is 6.96. The number of rotatable bonds is 3. The predicted octanol–water partition coefficient (Wildman–Crippen LogP) is 1.98. The molecule has 0 spiro atoms. The third-order valence-corrected chi connectivity index (χ3v) is 6.14. The van der Waals surface area contributed by atoms with E-state index in [-0.39, 0.29) is 11.1 Å². The molecule has 17 heavy (non-hydrogen) atoms. The van der Waals surface area contributed by atoms with Gasteiger partial charge in [0.25, 0.3) is 10.0 Å². The van der Waals surface area contributed by atoms with Crippen LogP contribution >= 0.6 is 15.9 Å². The van der Waals surface area contributed by atoms with Gasteiger partial charge in [0.15, 0.2) is 5.03 Å². The summed E-state index contributed by atoms with van der Waals surface area (Å²) in [7, 11) is -3.45. The Labute approximate surface area is 110 Å². The number of nitrogens with one attached hydrogen (secondary N) is 1. The normalized spacial score (nSPS) is 26.5. The summed E-state index contributed by atoms with van der Waals surface area (Å²) in [5.74, 6) is 0.413. The summed E-state index contributed by atoms with van der Waals surface area (Å²) < 4.78 is 26.9. The second kappa shape index (κ2) is 4.70. The summed E-state index contributed by atoms with van der Waals surface area (Å²) in [6.45, 7) is 4.72. The minimum Gasteiger partial charge on any atom is -0.334 e. The van der Waals surface area contributed by atoms with E-state index in [2.05, 4.69) is 32.8 Å². The maximum absolute atomic E-state index is 12.5. The van der Waals surface area contributed by atoms with Gasteiger partial charge in [0.2, 0.25) is 0 Å². The van der Waals surface area contributed by atoms with E-state index >= 15 is 0 Å². The van der Waals surface area contributed by atoms with Gasteiger partial charge in [0.1, 0.15) is 4.60 Å². The van der Waals surface area contributed by atoms with Gasteiger partial charge in [-0.1, -0.05) is 13.8 Å². The molecule has 1 fully saturated rings. The smallest absolute Gasteiger partial charge is 0.261 e. The van der Waals surface area contributed by atoms with E-state index in [1.54, 1.807) is 4.31 Å². The van der Waals surface area contributed by atoms with Crippen LogP contribution in [0, 0.1) is 5.92 Å². The molecular weight excluding hydrogens is 306 g/mol. The molecule has 0 bridgehead atoms. The number of sulfonamides is 1. The van der Waals surface area contributed by atoms with Crippen LogP contribution < -0.4 is 0 Å². The van der Waals surface area contributed by atoms with Crippen LogP contribution in [0.3, 0.4) is 0 Å². The number of H-pyrrole nitrogens is 1. The van der Waals surface area contributed by atoms with Crippen molar-refractivity contribution >= 4 is 26.0 Å². The molecule has 0 aromatic carbocycles. The van der Waals surface area contributed by atoms with E-state index in [0.717, 1.165) is 12.8 Å². The fraction of sp³-hybridized carbons (Fsp3) is 0.700. The Kier molecular flexibility index (Phi) is 3.61. The van der Waals surface area contributed by atoms with Crippen molar-refractivity contribution in [3.05, 3.63) is 10.9 Å². The second-order valence-electron chi connectivity index (χ2n) is 4.38. The predicted molar refractivity (Wildman–Crippen MR) is 68.0 cm³/mol. The fourth-order valence-corrected chi connectivity index (χ4v) is 5.03. The van der Waals surface area contributed by atoms with E-state index in [1.807, 2.05) is 6.92 Å². The van der Waals surface area contributed by atoms with Crippen LogP contribution in [0.5, 0.6) is 0 Å². The number of imidazole rings is 1. The molecule has 0 amide bonds. The molecule has 2 heterocycles. The molecule has 0 saturated carbocycles. The summed E-state index contributed by atoms with van der Waals surface area (Å²) in [5.41, 5.74) is 0. The van der Waals surface area contributed by atoms with Crippen molar-refractivity contribution in [3.8, 4) is 0 Å². The van der Waals surface area contributed by atoms with Gasteiger partial charge in [-0.3, -0.25) is 0 Å². The Bertz CT molecular complexity index is 499. The molecule has 0 aliphatic carbocycles. The highest BCUT2D eigenvalue weighted by atomic mass is 79.9. The highest BCUT2D eigenvalue weighted by Gasteiger charge is 2.39. The highest BCUT2D eigenvalue weighted by Crippen LogP contribution is 2.32. The van der Waals surface area contributed by atoms with E-state index in [4.69, 9.17) is 0 Å². The third kappa shape index (κ3) is 2.15. The van der Waals surface area contributed by atoms with Crippen LogP contribution in [0.25, 0.3) is 0 Å². The number of aromatic amines is 1. The molecule has 1 N–H and O–H groups in total. The Morgan fingerprint density at radius 3 is 2.88 bits per heavy atom. The van der Waals surface area contributed by atoms with E-state index in [1.165, 1.54) is 6.33 Å². The van der Waals surface area contributed by atoms with Crippen LogP contribution in [0.2, 0.25) is 0 Å². The molecule has 7 heteroatoms. The molecule has 0 radical (unpaired) electrons. The molecule has 96 valence electrons. The van der Waals surface area contributed by atoms with Gasteiger partial charge >= 0.3 is 0 Å². The number of halogens is 1. The summed E-state index contributed by atoms with van der Waals surface area (Å²) in [6.07, 6.45) is 3.15. The maximum Gasteiger partial charge on any atom is 0.261 e. The van der Waals surface area contributed by atoms with Crippen molar-refractivity contribution in [2.45, 2.75) is 37.8 Å². The summed E-state index contributed by atoms with van der Waals surface area (Å²) in [6, 6.07) is 0.0928. The van der Waals surface area contributed by atoms with Crippen LogP contribution in [0.4, 0.5) is 0 Å². The van der Waals surface area contributed by atoms with Crippen LogP contribution in [-0.4, -0.2) is 35.3 Å². The Morgan fingerprint density at radius 1 is 1.65 bits per heavy atom. The molecule has 5 nitrogen and oxygen atoms in total. The van der Waals surface area contributed by atoms with Crippen LogP contribution in [0.15, 0.2) is 16.0 Å². The lowest BCUT2D eigenvalue weighted by atomic mass is 10.0. The summed E-state index contributed by atoms with van der Waals surface area (Å²) in [4.78, 5) is 6.57. The zero-order valence-corrected chi connectivity index (χ0v) is 12.3. The van der Waals surface area contributed by atoms with Crippen molar-refractivity contribution < 1.29 is 8.42 Å². The monoisotopic (exact) mass is 321 g/mol. The van der Waals surface area contributed by atoms with Gasteiger partial charge in [-0.05, 0) is 34.7 Å². The molecule has 2 atom stereocenters. The average Bonchev–Trinajstić information content (AvgIpc) is 2.84. The van der Waals surface area contributed by atoms with Crippen molar-refractivity contribution in [1.82, 2.24) is 14.3 Å². The molecule has 1 saturated heterocycles. The number of aromatic nitrogens is 2. The molecule has 2 rings (SSSR count). The van der Waals surface area contributed by atoms with Gasteiger partial charge in [-0.25, -0.2) is 13.4 Å². The van der Waals surface area contributed by atoms with Crippen molar-refractivity contribution in [1.29, 1.82) is 0 Å². The molecule has 1 aliphatic heterocycles. The Balaban J connectivity index is 2.37. The maximum atomic E-state index is 12.5. The number of hydrogen-bond acceptors (Lipinski definition) is 3. The van der Waals surface area contributed by atoms with Gasteiger partial charge in [-0.2, -0.15) is 4.31 Å². The average molecular weight is 322 g/mol. The molecule has 1 aromatic heterocycles. The first-order valence-corrected chi connectivity index (χ1v) is 7.92. The first-order chi connectivity index (χ1) is 7.98. The number of nitrogens with zero attached hydrogens (tertiary/aromatic N) is 2. The summed E-state index contributed by atoms with van der Waals surface area (Å²) >= 11 is 3.16. The quantitative estimate of drug-likeness (QED) is 0.925. The Hall–Kier alpha value is -0.400. The standard InChI is InChI=1S/C10H16BrN3O2S/c1-3-8-7(2)4-5-14(8)17(15,16)10-9(11)12-6-13-10/h6-8H,3-5H2,1-2H3,(H,12,13). The van der Waals surface area contributed by atoms with Gasteiger partial charge in [0, 0.05) is 12.6 Å². The highest BCUT2D eigenvalue weighted by molar-refractivity contribution is 9.10. The number of hydrogen-bond donors (Lipinski definition) is 1. The fourth-order valence-electron chi connectivity index (χ4n) is 2.44. The minimum atomic E-state index is -3.45. The minimum absolute atomic E-state index is 0.0928. The van der Waals surface area contributed by atoms with E-state index in [0.29, 0.717) is 17.1 Å². The van der Waals surface area contributed by atoms with Crippen molar-refractivity contribution in [2.75, 3.05) is 6.54 Å². The van der Waals surface area contributed by atoms with Crippen molar-refractivity contribution in [2.24, 2.45) is 5.92 Å². The lowest BCUT2D eigenvalue weighted by Gasteiger charge is -2.24. The lowest BCUT2D eigenvalue weighted by Crippen LogP contribution is -2.37. The van der Waals surface area contributed by atoms with E-state index in [9.17, 15) is 8.42 Å². The first kappa shape index (κ1) is 13.0. The molecule has 2 unspecified atom stereocenters. The molecule has 1 aliphatic rings. The zero-order valence-electron chi connectivity index (χ0n) is 9.85. The third-order valence-electron chi connectivity index (χ3n) is 3.38. The topological polar surface area (TPSA) is 66.1 Å². The Morgan fingerprint density at radius 2 is 2.35 bits per heavy atom. The van der Waals surface area contributed by atoms with Crippen molar-refractivity contribution in [3.63, 3.8) is 0 Å². The first-order valence-electron chi connectivity index (χ1n) is 5.69. The van der Waals surface area contributed by atoms with E-state index < -0.39 is 10.0 Å². The lowest BCUT2D eigenvalue weighted by molar-refractivity contribution is 0.338. The van der Waals surface area contributed by atoms with Crippen LogP contribution in [0.1, 0.15) is 26.7 Å². The van der Waals surface area contributed by atoms with Gasteiger partial charge < -0.3 is 4.98 Å². The zero-order chi connectivity index (χ0) is 12.6. The van der Waals surface area contributed by atoms with Gasteiger partial charge in [0.05, 0.1) is 6.33 Å².